The van der Waals surface area contributed by atoms with Crippen molar-refractivity contribution in [1.29, 1.82) is 0 Å². The molecule has 0 aliphatic carbocycles. The maximum atomic E-state index is 11.2. The van der Waals surface area contributed by atoms with Crippen LogP contribution < -0.4 is 0 Å². The molecular weight excluding hydrogens is 264 g/mol. The van der Waals surface area contributed by atoms with Crippen LogP contribution in [0.15, 0.2) is 30.3 Å². The van der Waals surface area contributed by atoms with Crippen LogP contribution in [-0.2, 0) is 34.5 Å². The third kappa shape index (κ3) is 1.69. The second-order valence-corrected chi connectivity index (χ2v) is 5.05. The molecule has 5 atom stereocenters. The van der Waals surface area contributed by atoms with Gasteiger partial charge in [0.1, 0.15) is 6.10 Å². The summed E-state index contributed by atoms with van der Waals surface area (Å²) in [5, 5.41) is 0. The van der Waals surface area contributed by atoms with Crippen LogP contribution in [0.4, 0.5) is 0 Å². The Kier molecular flexibility index (Phi) is 2.62. The van der Waals surface area contributed by atoms with Crippen molar-refractivity contribution in [3.63, 3.8) is 0 Å². The molecule has 20 heavy (non-hydrogen) atoms. The third-order valence-corrected chi connectivity index (χ3v) is 3.70. The molecule has 5 rings (SSSR count). The van der Waals surface area contributed by atoms with Crippen LogP contribution in [0.5, 0.6) is 0 Å². The molecule has 0 aromatic heterocycles. The van der Waals surface area contributed by atoms with Crippen molar-refractivity contribution in [1.82, 2.24) is 0 Å². The first-order valence-electron chi connectivity index (χ1n) is 6.56. The molecule has 6 heteroatoms. The van der Waals surface area contributed by atoms with Crippen LogP contribution in [0.3, 0.4) is 0 Å². The molecule has 1 aromatic rings. The first-order valence-corrected chi connectivity index (χ1v) is 6.56. The zero-order valence-corrected chi connectivity index (χ0v) is 10.9. The zero-order valence-electron chi connectivity index (χ0n) is 10.9. The molecule has 106 valence electrons. The van der Waals surface area contributed by atoms with E-state index in [4.69, 9.17) is 23.7 Å². The summed E-state index contributed by atoms with van der Waals surface area (Å²) < 4.78 is 28.5. The Bertz CT molecular complexity index is 532. The van der Waals surface area contributed by atoms with Crippen LogP contribution in [0.2, 0.25) is 0 Å². The molecule has 4 aliphatic heterocycles. The van der Waals surface area contributed by atoms with E-state index in [0.717, 1.165) is 5.56 Å². The monoisotopic (exact) mass is 278 g/mol. The molecule has 0 amide bonds. The first-order chi connectivity index (χ1) is 9.68. The van der Waals surface area contributed by atoms with E-state index in [2.05, 4.69) is 0 Å². The number of carbonyl (C=O) groups is 1. The second kappa shape index (κ2) is 4.26. The van der Waals surface area contributed by atoms with E-state index in [1.54, 1.807) is 0 Å². The van der Waals surface area contributed by atoms with Crippen LogP contribution in [0.1, 0.15) is 12.5 Å². The highest BCUT2D eigenvalue weighted by Gasteiger charge is 2.64. The van der Waals surface area contributed by atoms with Gasteiger partial charge in [-0.1, -0.05) is 30.3 Å². The highest BCUT2D eigenvalue weighted by molar-refractivity contribution is 5.66. The number of rotatable bonds is 2. The van der Waals surface area contributed by atoms with Crippen molar-refractivity contribution < 1.29 is 28.5 Å². The Morgan fingerprint density at radius 2 is 2.10 bits per heavy atom. The van der Waals surface area contributed by atoms with Crippen LogP contribution in [0.25, 0.3) is 0 Å². The third-order valence-electron chi connectivity index (χ3n) is 3.70. The van der Waals surface area contributed by atoms with Gasteiger partial charge in [0.25, 0.3) is 0 Å². The number of benzene rings is 1. The molecule has 6 nitrogen and oxygen atoms in total. The van der Waals surface area contributed by atoms with Gasteiger partial charge in [0.2, 0.25) is 0 Å². The van der Waals surface area contributed by atoms with Gasteiger partial charge in [-0.25, -0.2) is 0 Å². The Morgan fingerprint density at radius 1 is 1.30 bits per heavy atom. The van der Waals surface area contributed by atoms with Crippen LogP contribution in [0, 0.1) is 0 Å². The van der Waals surface area contributed by atoms with Gasteiger partial charge >= 0.3 is 11.9 Å². The lowest BCUT2D eigenvalue weighted by Crippen LogP contribution is -2.36. The number of esters is 1. The lowest BCUT2D eigenvalue weighted by atomic mass is 10.1. The zero-order chi connectivity index (χ0) is 13.7. The summed E-state index contributed by atoms with van der Waals surface area (Å²) in [4.78, 5) is 11.2. The van der Waals surface area contributed by atoms with Crippen molar-refractivity contribution in [2.24, 2.45) is 0 Å². The molecule has 4 heterocycles. The van der Waals surface area contributed by atoms with Crippen molar-refractivity contribution in [2.75, 3.05) is 6.61 Å². The van der Waals surface area contributed by atoms with E-state index < -0.39 is 24.5 Å². The summed E-state index contributed by atoms with van der Waals surface area (Å²) >= 11 is 0. The molecule has 0 unspecified atom stereocenters. The van der Waals surface area contributed by atoms with Gasteiger partial charge in [-0.2, -0.15) is 0 Å². The van der Waals surface area contributed by atoms with E-state index in [9.17, 15) is 4.79 Å². The molecule has 0 N–H and O–H groups in total. The minimum Gasteiger partial charge on any atom is -0.457 e. The summed E-state index contributed by atoms with van der Waals surface area (Å²) in [6.07, 6.45) is -1.90. The summed E-state index contributed by atoms with van der Waals surface area (Å²) in [5.41, 5.74) is 0.764. The van der Waals surface area contributed by atoms with Crippen molar-refractivity contribution in [2.45, 2.75) is 37.5 Å². The van der Waals surface area contributed by atoms with Crippen molar-refractivity contribution >= 4 is 5.97 Å². The normalized spacial score (nSPS) is 41.6. The standard InChI is InChI=1S/C14H14O6/c1-8(15)17-11-10-7-16-14(9-5-3-2-4-6-9)19-12(11)13(18-10)20-14/h2-6,10-13H,7H2,1H3/t10-,11-,12+,13+,14+/m0/s1. The number of hydrogen-bond acceptors (Lipinski definition) is 6. The average Bonchev–Trinajstić information content (AvgIpc) is 2.78. The molecular formula is C14H14O6. The number of hydrogen-bond donors (Lipinski definition) is 0. The molecule has 0 spiro atoms. The fraction of sp³-hybridized carbons (Fsp3) is 0.500. The van der Waals surface area contributed by atoms with Gasteiger partial charge in [-0.3, -0.25) is 9.53 Å². The van der Waals surface area contributed by atoms with E-state index in [0.29, 0.717) is 0 Å². The van der Waals surface area contributed by atoms with Gasteiger partial charge in [-0.15, -0.1) is 0 Å². The Hall–Kier alpha value is -1.47. The average molecular weight is 278 g/mol. The van der Waals surface area contributed by atoms with Gasteiger partial charge in [0, 0.05) is 12.5 Å². The van der Waals surface area contributed by atoms with E-state index >= 15 is 0 Å². The number of carbonyl (C=O) groups excluding carboxylic acids is 1. The smallest absolute Gasteiger partial charge is 0.315 e. The van der Waals surface area contributed by atoms with Gasteiger partial charge in [0.05, 0.1) is 6.61 Å². The largest absolute Gasteiger partial charge is 0.457 e. The van der Waals surface area contributed by atoms with Crippen molar-refractivity contribution in [3.8, 4) is 0 Å². The number of ether oxygens (including phenoxy) is 5. The maximum Gasteiger partial charge on any atom is 0.315 e. The Balaban J connectivity index is 1.68. The minimum absolute atomic E-state index is 0.250. The predicted octanol–water partition coefficient (Wildman–Crippen LogP) is 0.899. The quantitative estimate of drug-likeness (QED) is 0.749. The second-order valence-electron chi connectivity index (χ2n) is 5.05. The maximum absolute atomic E-state index is 11.2. The lowest BCUT2D eigenvalue weighted by Gasteiger charge is -2.25. The Morgan fingerprint density at radius 3 is 2.85 bits per heavy atom. The van der Waals surface area contributed by atoms with E-state index in [-0.39, 0.29) is 18.7 Å². The SMILES string of the molecule is CC(=O)O[C@@H]1[C@H]2O[C@@]3(c4ccccc4)OC[C@@H]1O[C@@H]2O3. The summed E-state index contributed by atoms with van der Waals surface area (Å²) in [5.74, 6) is -1.63. The molecule has 1 aromatic carbocycles. The highest BCUT2D eigenvalue weighted by Crippen LogP contribution is 2.48. The summed E-state index contributed by atoms with van der Waals surface area (Å²) in [6.45, 7) is 1.61. The lowest BCUT2D eigenvalue weighted by molar-refractivity contribution is -0.349. The molecule has 0 saturated carbocycles. The topological polar surface area (TPSA) is 63.2 Å². The van der Waals surface area contributed by atoms with E-state index in [1.165, 1.54) is 6.92 Å². The Labute approximate surface area is 115 Å². The highest BCUT2D eigenvalue weighted by atomic mass is 17.0. The molecule has 4 bridgehead atoms. The van der Waals surface area contributed by atoms with Crippen LogP contribution >= 0.6 is 0 Å². The summed E-state index contributed by atoms with van der Waals surface area (Å²) in [6, 6.07) is 9.40. The number of fused-ring (bicyclic) bond motifs is 1. The molecule has 4 aliphatic rings. The molecule has 4 fully saturated rings. The van der Waals surface area contributed by atoms with Gasteiger partial charge < -0.3 is 18.9 Å². The summed E-state index contributed by atoms with van der Waals surface area (Å²) in [7, 11) is 0. The molecule has 4 saturated heterocycles. The predicted molar refractivity (Wildman–Crippen MR) is 64.2 cm³/mol. The molecule has 0 radical (unpaired) electrons. The fourth-order valence-electron chi connectivity index (χ4n) is 2.86. The van der Waals surface area contributed by atoms with Crippen LogP contribution in [-0.4, -0.2) is 37.2 Å². The van der Waals surface area contributed by atoms with E-state index in [1.807, 2.05) is 30.3 Å². The van der Waals surface area contributed by atoms with Gasteiger partial charge in [0.15, 0.2) is 18.5 Å². The van der Waals surface area contributed by atoms with Crippen molar-refractivity contribution in [3.05, 3.63) is 35.9 Å². The first kappa shape index (κ1) is 12.3. The minimum atomic E-state index is -1.26. The fourth-order valence-corrected chi connectivity index (χ4v) is 2.86. The van der Waals surface area contributed by atoms with Gasteiger partial charge in [-0.05, 0) is 0 Å².